The molecule has 0 spiro atoms. The number of thiophene rings is 1. The average molecular weight is 587 g/mol. The van der Waals surface area contributed by atoms with Gasteiger partial charge in [-0.25, -0.2) is 23.5 Å². The van der Waals surface area contributed by atoms with Gasteiger partial charge in [0.1, 0.15) is 4.75 Å². The van der Waals surface area contributed by atoms with Crippen LogP contribution in [0.2, 0.25) is 0 Å². The molecule has 2 fully saturated rings. The Balaban J connectivity index is 1.53. The van der Waals surface area contributed by atoms with E-state index in [0.717, 1.165) is 16.6 Å². The fraction of sp³-hybridized carbons (Fsp3) is 0.478. The molecular weight excluding hydrogens is 558 g/mol. The molecule has 2 atom stereocenters. The molecule has 2 aliphatic rings. The Kier molecular flexibility index (Phi) is 8.48. The van der Waals surface area contributed by atoms with E-state index in [4.69, 9.17) is 9.57 Å². The number of nitrogens with one attached hydrogen (secondary N) is 2. The number of nitrogens with zero attached hydrogens (tertiary/aromatic N) is 1. The summed E-state index contributed by atoms with van der Waals surface area (Å²) in [5.74, 6) is -0.806. The summed E-state index contributed by atoms with van der Waals surface area (Å²) < 4.78 is 32.1. The fourth-order valence-corrected chi connectivity index (χ4v) is 8.27. The Morgan fingerprint density at radius 1 is 1.17 bits per heavy atom. The molecule has 12 heteroatoms. The van der Waals surface area contributed by atoms with Crippen molar-refractivity contribution in [3.8, 4) is 0 Å². The van der Waals surface area contributed by atoms with Crippen molar-refractivity contribution in [3.05, 3.63) is 51.1 Å². The molecule has 2 saturated heterocycles. The minimum Gasteiger partial charge on any atom is -0.350 e. The topological polar surface area (TPSA) is 114 Å². The number of amides is 3. The van der Waals surface area contributed by atoms with Crippen molar-refractivity contribution in [2.24, 2.45) is 0 Å². The Morgan fingerprint density at radius 3 is 2.66 bits per heavy atom. The standard InChI is InChI=1S/C23H28BrN3O6S2/c24-19-10-9-18(34-19)23(16-20(28)26-33-21-8-4-5-14-32-21)11-12-27(13-15-35(23,30)31)22(29)25-17-6-2-1-3-7-17/h1-3,6-7,9-10,21H,4-5,8,11-16H2,(H,25,29)(H,26,28). The number of sulfone groups is 1. The maximum atomic E-state index is 13.7. The van der Waals surface area contributed by atoms with E-state index in [-0.39, 0.29) is 37.7 Å². The highest BCUT2D eigenvalue weighted by atomic mass is 79.9. The highest BCUT2D eigenvalue weighted by molar-refractivity contribution is 9.11. The van der Waals surface area contributed by atoms with Crippen LogP contribution in [0, 0.1) is 0 Å². The highest BCUT2D eigenvalue weighted by Crippen LogP contribution is 2.44. The van der Waals surface area contributed by atoms with Crippen LogP contribution in [0.25, 0.3) is 0 Å². The number of hydrogen-bond acceptors (Lipinski definition) is 7. The summed E-state index contributed by atoms with van der Waals surface area (Å²) in [7, 11) is -3.82. The Hall–Kier alpha value is -1.99. The van der Waals surface area contributed by atoms with Gasteiger partial charge in [0, 0.05) is 36.7 Å². The second kappa shape index (κ2) is 11.4. The second-order valence-corrected chi connectivity index (χ2v) is 13.4. The maximum absolute atomic E-state index is 13.7. The largest absolute Gasteiger partial charge is 0.350 e. The van der Waals surface area contributed by atoms with E-state index < -0.39 is 26.8 Å². The molecule has 2 N–H and O–H groups in total. The molecule has 0 saturated carbocycles. The normalized spacial score (nSPS) is 24.4. The lowest BCUT2D eigenvalue weighted by molar-refractivity contribution is -0.200. The highest BCUT2D eigenvalue weighted by Gasteiger charge is 2.50. The van der Waals surface area contributed by atoms with Crippen LogP contribution < -0.4 is 10.8 Å². The molecule has 3 amide bonds. The minimum absolute atomic E-state index is 0.0311. The van der Waals surface area contributed by atoms with Crippen molar-refractivity contribution in [1.82, 2.24) is 10.4 Å². The summed E-state index contributed by atoms with van der Waals surface area (Å²) in [5, 5.41) is 2.81. The van der Waals surface area contributed by atoms with Gasteiger partial charge in [-0.2, -0.15) is 0 Å². The van der Waals surface area contributed by atoms with Gasteiger partial charge in [0.25, 0.3) is 0 Å². The molecule has 0 bridgehead atoms. The molecule has 4 rings (SSSR count). The first kappa shape index (κ1) is 26.1. The first-order valence-electron chi connectivity index (χ1n) is 11.4. The van der Waals surface area contributed by atoms with E-state index in [0.29, 0.717) is 23.6 Å². The Labute approximate surface area is 217 Å². The van der Waals surface area contributed by atoms with Crippen LogP contribution in [0.15, 0.2) is 46.3 Å². The predicted molar refractivity (Wildman–Crippen MR) is 137 cm³/mol. The van der Waals surface area contributed by atoms with Gasteiger partial charge in [0.15, 0.2) is 16.1 Å². The Morgan fingerprint density at radius 2 is 1.97 bits per heavy atom. The molecule has 2 aromatic rings. The molecule has 9 nitrogen and oxygen atoms in total. The number of halogens is 1. The van der Waals surface area contributed by atoms with Crippen LogP contribution in [0.1, 0.15) is 37.0 Å². The molecule has 0 aliphatic carbocycles. The number of urea groups is 1. The SMILES string of the molecule is O=C(CC1(c2ccc(Br)s2)CCN(C(=O)Nc2ccccc2)CCS1(=O)=O)NOC1CCCCO1. The molecule has 35 heavy (non-hydrogen) atoms. The molecule has 2 aliphatic heterocycles. The zero-order valence-electron chi connectivity index (χ0n) is 19.1. The third-order valence-corrected chi connectivity index (χ3v) is 10.7. The summed E-state index contributed by atoms with van der Waals surface area (Å²) in [6.45, 7) is 0.763. The van der Waals surface area contributed by atoms with Crippen molar-refractivity contribution >= 4 is 54.7 Å². The van der Waals surface area contributed by atoms with E-state index in [1.54, 1.807) is 36.4 Å². The van der Waals surface area contributed by atoms with Crippen molar-refractivity contribution < 1.29 is 27.6 Å². The molecule has 0 radical (unpaired) electrons. The molecular formula is C23H28BrN3O6S2. The van der Waals surface area contributed by atoms with Gasteiger partial charge in [-0.05, 0) is 59.5 Å². The lowest BCUT2D eigenvalue weighted by Gasteiger charge is -2.31. The van der Waals surface area contributed by atoms with Gasteiger partial charge in [-0.3, -0.25) is 4.79 Å². The minimum atomic E-state index is -3.82. The van der Waals surface area contributed by atoms with Crippen molar-refractivity contribution in [2.75, 3.05) is 30.8 Å². The lowest BCUT2D eigenvalue weighted by Crippen LogP contribution is -2.43. The first-order valence-corrected chi connectivity index (χ1v) is 14.7. The summed E-state index contributed by atoms with van der Waals surface area (Å²) in [4.78, 5) is 33.3. The predicted octanol–water partition coefficient (Wildman–Crippen LogP) is 4.02. The number of ether oxygens (including phenoxy) is 1. The second-order valence-electron chi connectivity index (χ2n) is 8.57. The van der Waals surface area contributed by atoms with Crippen molar-refractivity contribution in [1.29, 1.82) is 0 Å². The van der Waals surface area contributed by atoms with E-state index in [1.807, 2.05) is 6.07 Å². The zero-order valence-corrected chi connectivity index (χ0v) is 22.3. The molecule has 1 aromatic heterocycles. The number of anilines is 1. The Bertz CT molecular complexity index is 1140. The van der Waals surface area contributed by atoms with E-state index in [9.17, 15) is 18.0 Å². The number of hydrogen-bond donors (Lipinski definition) is 2. The summed E-state index contributed by atoms with van der Waals surface area (Å²) in [6.07, 6.45) is 1.76. The van der Waals surface area contributed by atoms with Crippen LogP contribution in [0.5, 0.6) is 0 Å². The molecule has 3 heterocycles. The number of carbonyl (C=O) groups excluding carboxylic acids is 2. The van der Waals surface area contributed by atoms with Gasteiger partial charge in [0.2, 0.25) is 5.91 Å². The summed E-state index contributed by atoms with van der Waals surface area (Å²) >= 11 is 4.69. The van der Waals surface area contributed by atoms with Crippen LogP contribution in [-0.4, -0.2) is 57.0 Å². The smallest absolute Gasteiger partial charge is 0.321 e. The first-order chi connectivity index (χ1) is 16.8. The van der Waals surface area contributed by atoms with Gasteiger partial charge in [-0.1, -0.05) is 18.2 Å². The van der Waals surface area contributed by atoms with Gasteiger partial charge in [0.05, 0.1) is 16.0 Å². The molecule has 2 unspecified atom stereocenters. The lowest BCUT2D eigenvalue weighted by atomic mass is 9.97. The quantitative estimate of drug-likeness (QED) is 0.495. The molecule has 190 valence electrons. The van der Waals surface area contributed by atoms with Gasteiger partial charge < -0.3 is 15.0 Å². The van der Waals surface area contributed by atoms with Crippen LogP contribution in [0.4, 0.5) is 10.5 Å². The number of rotatable bonds is 6. The van der Waals surface area contributed by atoms with E-state index in [1.165, 1.54) is 16.2 Å². The summed E-state index contributed by atoms with van der Waals surface area (Å²) in [5.41, 5.74) is 3.02. The van der Waals surface area contributed by atoms with E-state index >= 15 is 0 Å². The average Bonchev–Trinajstić information content (AvgIpc) is 3.24. The monoisotopic (exact) mass is 585 g/mol. The number of para-hydroxylation sites is 1. The summed E-state index contributed by atoms with van der Waals surface area (Å²) in [6, 6.07) is 12.1. The van der Waals surface area contributed by atoms with Crippen molar-refractivity contribution in [3.63, 3.8) is 0 Å². The van der Waals surface area contributed by atoms with Crippen LogP contribution in [0.3, 0.4) is 0 Å². The third-order valence-electron chi connectivity index (χ3n) is 6.23. The number of benzene rings is 1. The van der Waals surface area contributed by atoms with Crippen LogP contribution >= 0.6 is 27.3 Å². The van der Waals surface area contributed by atoms with Crippen LogP contribution in [-0.2, 0) is 29.0 Å². The molecule has 1 aromatic carbocycles. The fourth-order valence-electron chi connectivity index (χ4n) is 4.29. The number of hydroxylamine groups is 1. The van der Waals surface area contributed by atoms with Gasteiger partial charge in [-0.15, -0.1) is 11.3 Å². The third kappa shape index (κ3) is 6.23. The zero-order chi connectivity index (χ0) is 24.9. The maximum Gasteiger partial charge on any atom is 0.321 e. The van der Waals surface area contributed by atoms with Gasteiger partial charge >= 0.3 is 6.03 Å². The van der Waals surface area contributed by atoms with Crippen molar-refractivity contribution in [2.45, 2.75) is 43.1 Å². The number of carbonyl (C=O) groups is 2. The van der Waals surface area contributed by atoms with E-state index in [2.05, 4.69) is 26.7 Å².